The Kier molecular flexibility index (Phi) is 7.63. The molecular formula is C24H30N2O4S. The maximum Gasteiger partial charge on any atom is 0.169 e. The molecule has 0 fully saturated rings. The smallest absolute Gasteiger partial charge is 0.169 e. The van der Waals surface area contributed by atoms with Gasteiger partial charge in [0, 0.05) is 13.1 Å². The molecular weight excluding hydrogens is 412 g/mol. The van der Waals surface area contributed by atoms with Gasteiger partial charge in [0.15, 0.2) is 28.1 Å². The number of methoxy groups -OCH3 is 4. The standard InChI is InChI=1S/C24H30N2O4S/c1-6-10-25-24(31)26-11-9-17-14-22(29-4)23(30-5)15-18(17)19(26)12-16-7-8-20(27-2)21(13-16)28-3/h6-8,13-15,19H,1,9-12H2,2-5H3,(H,25,31). The third-order valence-corrected chi connectivity index (χ3v) is 5.92. The van der Waals surface area contributed by atoms with Crippen molar-refractivity contribution in [2.75, 3.05) is 41.5 Å². The average Bonchev–Trinajstić information content (AvgIpc) is 2.81. The highest BCUT2D eigenvalue weighted by atomic mass is 32.1. The normalized spacial score (nSPS) is 15.0. The Hall–Kier alpha value is -2.93. The summed E-state index contributed by atoms with van der Waals surface area (Å²) in [7, 11) is 6.61. The molecule has 31 heavy (non-hydrogen) atoms. The number of nitrogens with zero attached hydrogens (tertiary/aromatic N) is 1. The molecule has 2 aromatic carbocycles. The molecule has 6 nitrogen and oxygen atoms in total. The highest BCUT2D eigenvalue weighted by Gasteiger charge is 2.31. The zero-order valence-electron chi connectivity index (χ0n) is 18.6. The van der Waals surface area contributed by atoms with Gasteiger partial charge in [-0.15, -0.1) is 6.58 Å². The van der Waals surface area contributed by atoms with E-state index in [-0.39, 0.29) is 6.04 Å². The lowest BCUT2D eigenvalue weighted by atomic mass is 9.88. The summed E-state index contributed by atoms with van der Waals surface area (Å²) in [5.74, 6) is 2.88. The second kappa shape index (κ2) is 10.4. The Morgan fingerprint density at radius 1 is 1.03 bits per heavy atom. The highest BCUT2D eigenvalue weighted by molar-refractivity contribution is 7.80. The molecule has 1 heterocycles. The van der Waals surface area contributed by atoms with E-state index in [9.17, 15) is 0 Å². The van der Waals surface area contributed by atoms with Gasteiger partial charge in [0.1, 0.15) is 0 Å². The molecule has 0 amide bonds. The van der Waals surface area contributed by atoms with Gasteiger partial charge in [0.2, 0.25) is 0 Å². The lowest BCUT2D eigenvalue weighted by molar-refractivity contribution is 0.289. The second-order valence-corrected chi connectivity index (χ2v) is 7.62. The van der Waals surface area contributed by atoms with Crippen molar-refractivity contribution in [1.82, 2.24) is 10.2 Å². The number of benzene rings is 2. The van der Waals surface area contributed by atoms with E-state index in [0.29, 0.717) is 28.9 Å². The van der Waals surface area contributed by atoms with E-state index in [0.717, 1.165) is 30.7 Å². The van der Waals surface area contributed by atoms with Gasteiger partial charge in [-0.25, -0.2) is 0 Å². The van der Waals surface area contributed by atoms with Crippen LogP contribution < -0.4 is 24.3 Å². The van der Waals surface area contributed by atoms with Gasteiger partial charge in [-0.05, 0) is 66.0 Å². The summed E-state index contributed by atoms with van der Waals surface area (Å²) < 4.78 is 22.0. The number of hydrogen-bond acceptors (Lipinski definition) is 5. The topological polar surface area (TPSA) is 52.2 Å². The van der Waals surface area contributed by atoms with Crippen LogP contribution in [0.2, 0.25) is 0 Å². The average molecular weight is 443 g/mol. The molecule has 0 aliphatic carbocycles. The molecule has 0 saturated heterocycles. The quantitative estimate of drug-likeness (QED) is 0.491. The zero-order valence-corrected chi connectivity index (χ0v) is 19.4. The number of fused-ring (bicyclic) bond motifs is 1. The Morgan fingerprint density at radius 2 is 1.68 bits per heavy atom. The lowest BCUT2D eigenvalue weighted by Gasteiger charge is -2.39. The van der Waals surface area contributed by atoms with Crippen molar-refractivity contribution in [3.63, 3.8) is 0 Å². The van der Waals surface area contributed by atoms with Crippen molar-refractivity contribution < 1.29 is 18.9 Å². The third kappa shape index (κ3) is 4.88. The Bertz CT molecular complexity index is 947. The summed E-state index contributed by atoms with van der Waals surface area (Å²) in [5.41, 5.74) is 3.55. The van der Waals surface area contributed by atoms with Crippen LogP contribution in [0.1, 0.15) is 22.7 Å². The summed E-state index contributed by atoms with van der Waals surface area (Å²) in [6.07, 6.45) is 3.42. The van der Waals surface area contributed by atoms with Gasteiger partial charge in [-0.1, -0.05) is 12.1 Å². The Morgan fingerprint density at radius 3 is 2.32 bits per heavy atom. The first-order chi connectivity index (χ1) is 15.1. The molecule has 0 bridgehead atoms. The fourth-order valence-electron chi connectivity index (χ4n) is 3.98. The van der Waals surface area contributed by atoms with Crippen LogP contribution in [-0.2, 0) is 12.8 Å². The molecule has 1 aliphatic rings. The molecule has 1 unspecified atom stereocenters. The van der Waals surface area contributed by atoms with E-state index in [2.05, 4.69) is 35.0 Å². The number of hydrogen-bond donors (Lipinski definition) is 1. The van der Waals surface area contributed by atoms with Crippen LogP contribution in [0, 0.1) is 0 Å². The van der Waals surface area contributed by atoms with Gasteiger partial charge in [0.05, 0.1) is 34.5 Å². The predicted molar refractivity (Wildman–Crippen MR) is 127 cm³/mol. The number of ether oxygens (including phenoxy) is 4. The first kappa shape index (κ1) is 22.7. The van der Waals surface area contributed by atoms with Crippen LogP contribution in [0.5, 0.6) is 23.0 Å². The summed E-state index contributed by atoms with van der Waals surface area (Å²) in [5, 5.41) is 3.99. The monoisotopic (exact) mass is 442 g/mol. The summed E-state index contributed by atoms with van der Waals surface area (Å²) in [6.45, 7) is 5.21. The van der Waals surface area contributed by atoms with Crippen LogP contribution in [0.3, 0.4) is 0 Å². The van der Waals surface area contributed by atoms with Crippen molar-refractivity contribution in [3.05, 3.63) is 59.7 Å². The van der Waals surface area contributed by atoms with Crippen molar-refractivity contribution >= 4 is 17.3 Å². The zero-order chi connectivity index (χ0) is 22.4. The summed E-state index contributed by atoms with van der Waals surface area (Å²) >= 11 is 5.73. The van der Waals surface area contributed by atoms with Crippen molar-refractivity contribution in [2.45, 2.75) is 18.9 Å². The van der Waals surface area contributed by atoms with Gasteiger partial charge in [-0.2, -0.15) is 0 Å². The van der Waals surface area contributed by atoms with Crippen LogP contribution >= 0.6 is 12.2 Å². The van der Waals surface area contributed by atoms with Gasteiger partial charge in [-0.3, -0.25) is 0 Å². The fraction of sp³-hybridized carbons (Fsp3) is 0.375. The maximum absolute atomic E-state index is 5.73. The van der Waals surface area contributed by atoms with Crippen LogP contribution in [-0.4, -0.2) is 51.5 Å². The van der Waals surface area contributed by atoms with Crippen LogP contribution in [0.4, 0.5) is 0 Å². The van der Waals surface area contributed by atoms with E-state index in [4.69, 9.17) is 31.2 Å². The summed E-state index contributed by atoms with van der Waals surface area (Å²) in [6, 6.07) is 10.2. The largest absolute Gasteiger partial charge is 0.493 e. The SMILES string of the molecule is C=CCNC(=S)N1CCc2cc(OC)c(OC)cc2C1Cc1ccc(OC)c(OC)c1. The number of thiocarbonyl (C=S) groups is 1. The molecule has 166 valence electrons. The van der Waals surface area contributed by atoms with E-state index < -0.39 is 0 Å². The van der Waals surface area contributed by atoms with E-state index in [1.807, 2.05) is 12.1 Å². The third-order valence-electron chi connectivity index (χ3n) is 5.54. The number of rotatable bonds is 8. The molecule has 1 aliphatic heterocycles. The first-order valence-electron chi connectivity index (χ1n) is 10.2. The maximum atomic E-state index is 5.73. The molecule has 7 heteroatoms. The van der Waals surface area contributed by atoms with E-state index >= 15 is 0 Å². The minimum absolute atomic E-state index is 0.0338. The van der Waals surface area contributed by atoms with E-state index in [1.54, 1.807) is 34.5 Å². The molecule has 0 spiro atoms. The second-order valence-electron chi connectivity index (χ2n) is 7.23. The van der Waals surface area contributed by atoms with Crippen LogP contribution in [0.25, 0.3) is 0 Å². The molecule has 1 N–H and O–H groups in total. The lowest BCUT2D eigenvalue weighted by Crippen LogP contribution is -2.46. The minimum Gasteiger partial charge on any atom is -0.493 e. The van der Waals surface area contributed by atoms with Gasteiger partial charge in [0.25, 0.3) is 0 Å². The van der Waals surface area contributed by atoms with Gasteiger partial charge < -0.3 is 29.2 Å². The van der Waals surface area contributed by atoms with Crippen molar-refractivity contribution in [3.8, 4) is 23.0 Å². The first-order valence-corrected chi connectivity index (χ1v) is 10.6. The number of nitrogens with one attached hydrogen (secondary N) is 1. The molecule has 1 atom stereocenters. The fourth-order valence-corrected chi connectivity index (χ4v) is 4.29. The highest BCUT2D eigenvalue weighted by Crippen LogP contribution is 2.40. The predicted octanol–water partition coefficient (Wildman–Crippen LogP) is 3.92. The molecule has 2 aromatic rings. The molecule has 3 rings (SSSR count). The van der Waals surface area contributed by atoms with Gasteiger partial charge >= 0.3 is 0 Å². The van der Waals surface area contributed by atoms with E-state index in [1.165, 1.54) is 11.1 Å². The van der Waals surface area contributed by atoms with Crippen LogP contribution in [0.15, 0.2) is 43.0 Å². The molecule has 0 saturated carbocycles. The Labute approximate surface area is 189 Å². The summed E-state index contributed by atoms with van der Waals surface area (Å²) in [4.78, 5) is 2.24. The molecule has 0 aromatic heterocycles. The van der Waals surface area contributed by atoms with Crippen molar-refractivity contribution in [1.29, 1.82) is 0 Å². The Balaban J connectivity index is 2.03. The molecule has 0 radical (unpaired) electrons. The minimum atomic E-state index is 0.0338. The van der Waals surface area contributed by atoms with Crippen molar-refractivity contribution in [2.24, 2.45) is 0 Å².